The average molecular weight is 304 g/mol. The highest BCUT2D eigenvalue weighted by Crippen LogP contribution is 2.34. The summed E-state index contributed by atoms with van der Waals surface area (Å²) in [5, 5.41) is 15.8. The summed E-state index contributed by atoms with van der Waals surface area (Å²) in [6, 6.07) is 5.13. The van der Waals surface area contributed by atoms with E-state index in [1.54, 1.807) is 24.4 Å². The fourth-order valence-electron chi connectivity index (χ4n) is 2.78. The van der Waals surface area contributed by atoms with Crippen molar-refractivity contribution in [3.8, 4) is 0 Å². The summed E-state index contributed by atoms with van der Waals surface area (Å²) < 4.78 is 2.43. The standard InChI is InChI=1S/C14H16N4O4/c19-11(15-14(5-3-6-14)8-12(20)21)9-18-13(22)17-7-2-1-4-10(17)16-18/h1-2,4,7H,3,5-6,8-9H2,(H,15,19)(H,20,21). The average Bonchev–Trinajstić information content (AvgIpc) is 2.73. The fraction of sp³-hybridized carbons (Fsp3) is 0.429. The second kappa shape index (κ2) is 5.28. The number of carboxylic acid groups (broad SMARTS) is 1. The van der Waals surface area contributed by atoms with Gasteiger partial charge in [-0.05, 0) is 31.4 Å². The number of nitrogens with one attached hydrogen (secondary N) is 1. The van der Waals surface area contributed by atoms with Crippen LogP contribution < -0.4 is 11.0 Å². The Kier molecular flexibility index (Phi) is 3.44. The number of carboxylic acids is 1. The zero-order valence-electron chi connectivity index (χ0n) is 11.9. The maximum atomic E-state index is 12.1. The van der Waals surface area contributed by atoms with Gasteiger partial charge >= 0.3 is 11.7 Å². The van der Waals surface area contributed by atoms with Crippen LogP contribution in [0.15, 0.2) is 29.2 Å². The number of pyridine rings is 1. The molecule has 0 aliphatic heterocycles. The van der Waals surface area contributed by atoms with Gasteiger partial charge in [0.15, 0.2) is 5.65 Å². The Labute approximate surface area is 125 Å². The van der Waals surface area contributed by atoms with Crippen LogP contribution in [0, 0.1) is 0 Å². The highest BCUT2D eigenvalue weighted by atomic mass is 16.4. The third-order valence-corrected chi connectivity index (χ3v) is 3.99. The van der Waals surface area contributed by atoms with Crippen LogP contribution in [-0.4, -0.2) is 36.7 Å². The second-order valence-corrected chi connectivity index (χ2v) is 5.62. The number of rotatable bonds is 5. The number of hydrogen-bond acceptors (Lipinski definition) is 4. The highest BCUT2D eigenvalue weighted by Gasteiger charge is 2.40. The van der Waals surface area contributed by atoms with Crippen LogP contribution in [-0.2, 0) is 16.1 Å². The number of aliphatic carboxylic acids is 1. The van der Waals surface area contributed by atoms with E-state index in [0.29, 0.717) is 18.5 Å². The summed E-state index contributed by atoms with van der Waals surface area (Å²) in [5.41, 5.74) is -0.609. The summed E-state index contributed by atoms with van der Waals surface area (Å²) in [4.78, 5) is 35.1. The van der Waals surface area contributed by atoms with E-state index in [9.17, 15) is 14.4 Å². The molecule has 8 heteroatoms. The molecule has 8 nitrogen and oxygen atoms in total. The van der Waals surface area contributed by atoms with Gasteiger partial charge < -0.3 is 10.4 Å². The zero-order valence-corrected chi connectivity index (χ0v) is 11.9. The van der Waals surface area contributed by atoms with Gasteiger partial charge in [-0.25, -0.2) is 9.48 Å². The predicted molar refractivity (Wildman–Crippen MR) is 76.4 cm³/mol. The van der Waals surface area contributed by atoms with Crippen molar-refractivity contribution in [2.45, 2.75) is 37.8 Å². The van der Waals surface area contributed by atoms with Gasteiger partial charge in [-0.15, -0.1) is 5.10 Å². The molecule has 0 atom stereocenters. The Hall–Kier alpha value is -2.64. The molecular formula is C14H16N4O4. The van der Waals surface area contributed by atoms with Gasteiger partial charge in [0.05, 0.1) is 12.0 Å². The summed E-state index contributed by atoms with van der Waals surface area (Å²) in [7, 11) is 0. The van der Waals surface area contributed by atoms with Gasteiger partial charge in [-0.3, -0.25) is 14.0 Å². The van der Waals surface area contributed by atoms with Gasteiger partial charge in [-0.2, -0.15) is 0 Å². The molecule has 116 valence electrons. The fourth-order valence-corrected chi connectivity index (χ4v) is 2.78. The molecule has 1 aliphatic rings. The van der Waals surface area contributed by atoms with E-state index >= 15 is 0 Å². The van der Waals surface area contributed by atoms with Crippen molar-refractivity contribution in [2.75, 3.05) is 0 Å². The number of fused-ring (bicyclic) bond motifs is 1. The van der Waals surface area contributed by atoms with Gasteiger partial charge in [0.2, 0.25) is 5.91 Å². The lowest BCUT2D eigenvalue weighted by atomic mass is 9.74. The molecule has 1 saturated carbocycles. The predicted octanol–water partition coefficient (Wildman–Crippen LogP) is 0.00960. The molecular weight excluding hydrogens is 288 g/mol. The van der Waals surface area contributed by atoms with Crippen molar-refractivity contribution in [1.29, 1.82) is 0 Å². The largest absolute Gasteiger partial charge is 0.481 e. The van der Waals surface area contributed by atoms with Gasteiger partial charge in [0.25, 0.3) is 0 Å². The first-order chi connectivity index (χ1) is 10.5. The Morgan fingerprint density at radius 1 is 1.36 bits per heavy atom. The van der Waals surface area contributed by atoms with Crippen LogP contribution in [0.1, 0.15) is 25.7 Å². The number of carbonyl (C=O) groups is 2. The second-order valence-electron chi connectivity index (χ2n) is 5.62. The van der Waals surface area contributed by atoms with Crippen LogP contribution in [0.2, 0.25) is 0 Å². The van der Waals surface area contributed by atoms with Gasteiger partial charge in [0.1, 0.15) is 6.54 Å². The summed E-state index contributed by atoms with van der Waals surface area (Å²) in [6.07, 6.45) is 3.66. The van der Waals surface area contributed by atoms with Gasteiger partial charge in [0, 0.05) is 6.20 Å². The van der Waals surface area contributed by atoms with Gasteiger partial charge in [-0.1, -0.05) is 6.07 Å². The van der Waals surface area contributed by atoms with Crippen LogP contribution in [0.25, 0.3) is 5.65 Å². The molecule has 22 heavy (non-hydrogen) atoms. The molecule has 0 spiro atoms. The van der Waals surface area contributed by atoms with Crippen molar-refractivity contribution in [2.24, 2.45) is 0 Å². The molecule has 2 aromatic rings. The molecule has 1 aliphatic carbocycles. The zero-order chi connectivity index (χ0) is 15.7. The van der Waals surface area contributed by atoms with Crippen LogP contribution in [0.4, 0.5) is 0 Å². The molecule has 0 radical (unpaired) electrons. The van der Waals surface area contributed by atoms with Crippen LogP contribution in [0.3, 0.4) is 0 Å². The molecule has 1 fully saturated rings. The van der Waals surface area contributed by atoms with E-state index < -0.39 is 23.1 Å². The number of nitrogens with zero attached hydrogens (tertiary/aromatic N) is 3. The summed E-state index contributed by atoms with van der Waals surface area (Å²) >= 11 is 0. The first-order valence-electron chi connectivity index (χ1n) is 7.06. The summed E-state index contributed by atoms with van der Waals surface area (Å²) in [5.74, 6) is -1.34. The number of carbonyl (C=O) groups excluding carboxylic acids is 1. The van der Waals surface area contributed by atoms with Crippen molar-refractivity contribution >= 4 is 17.5 Å². The molecule has 0 aromatic carbocycles. The smallest absolute Gasteiger partial charge is 0.350 e. The molecule has 0 unspecified atom stereocenters. The normalized spacial score (nSPS) is 16.2. The lowest BCUT2D eigenvalue weighted by Crippen LogP contribution is -2.55. The number of hydrogen-bond donors (Lipinski definition) is 2. The first kappa shape index (κ1) is 14.3. The molecule has 2 N–H and O–H groups in total. The molecule has 2 aromatic heterocycles. The number of aromatic nitrogens is 3. The third-order valence-electron chi connectivity index (χ3n) is 3.99. The maximum absolute atomic E-state index is 12.1. The SMILES string of the molecule is O=C(O)CC1(NC(=O)Cn2nc3ccccn3c2=O)CCC1. The minimum absolute atomic E-state index is 0.0984. The molecule has 1 amide bonds. The minimum atomic E-state index is -0.940. The first-order valence-corrected chi connectivity index (χ1v) is 7.06. The third kappa shape index (κ3) is 2.59. The van der Waals surface area contributed by atoms with Crippen molar-refractivity contribution < 1.29 is 14.7 Å². The van der Waals surface area contributed by atoms with Crippen LogP contribution in [0.5, 0.6) is 0 Å². The van der Waals surface area contributed by atoms with Crippen molar-refractivity contribution in [3.05, 3.63) is 34.9 Å². The van der Waals surface area contributed by atoms with E-state index in [2.05, 4.69) is 10.4 Å². The monoisotopic (exact) mass is 304 g/mol. The molecule has 0 bridgehead atoms. The molecule has 3 rings (SSSR count). The maximum Gasteiger partial charge on any atom is 0.350 e. The Morgan fingerprint density at radius 3 is 2.73 bits per heavy atom. The van der Waals surface area contributed by atoms with E-state index in [1.807, 2.05) is 0 Å². The van der Waals surface area contributed by atoms with E-state index in [1.165, 1.54) is 4.40 Å². The molecule has 2 heterocycles. The van der Waals surface area contributed by atoms with E-state index in [4.69, 9.17) is 5.11 Å². The Balaban J connectivity index is 1.74. The number of amides is 1. The summed E-state index contributed by atoms with van der Waals surface area (Å²) in [6.45, 7) is -0.220. The lowest BCUT2D eigenvalue weighted by Gasteiger charge is -2.41. The van der Waals surface area contributed by atoms with E-state index in [0.717, 1.165) is 11.1 Å². The quantitative estimate of drug-likeness (QED) is 0.809. The molecule has 0 saturated heterocycles. The minimum Gasteiger partial charge on any atom is -0.481 e. The van der Waals surface area contributed by atoms with Crippen molar-refractivity contribution in [1.82, 2.24) is 19.5 Å². The Bertz CT molecular complexity index is 787. The van der Waals surface area contributed by atoms with Crippen LogP contribution >= 0.6 is 0 Å². The highest BCUT2D eigenvalue weighted by molar-refractivity contribution is 5.78. The Morgan fingerprint density at radius 2 is 2.14 bits per heavy atom. The lowest BCUT2D eigenvalue weighted by molar-refractivity contribution is -0.140. The van der Waals surface area contributed by atoms with Crippen molar-refractivity contribution in [3.63, 3.8) is 0 Å². The van der Waals surface area contributed by atoms with E-state index in [-0.39, 0.29) is 13.0 Å². The topological polar surface area (TPSA) is 106 Å².